The summed E-state index contributed by atoms with van der Waals surface area (Å²) in [6.07, 6.45) is 17.6. The highest BCUT2D eigenvalue weighted by Gasteiger charge is 2.35. The molecule has 2 atom stereocenters. The van der Waals surface area contributed by atoms with Crippen LogP contribution < -0.4 is 0 Å². The van der Waals surface area contributed by atoms with Gasteiger partial charge in [-0.3, -0.25) is 0 Å². The Kier molecular flexibility index (Phi) is 12.5. The lowest BCUT2D eigenvalue weighted by Crippen LogP contribution is -1.90. The van der Waals surface area contributed by atoms with Crippen LogP contribution in [0.3, 0.4) is 0 Å². The van der Waals surface area contributed by atoms with Crippen LogP contribution in [-0.4, -0.2) is 5.11 Å². The second-order valence-corrected chi connectivity index (χ2v) is 7.74. The van der Waals surface area contributed by atoms with E-state index >= 15 is 0 Å². The van der Waals surface area contributed by atoms with Gasteiger partial charge in [0.05, 0.1) is 0 Å². The fourth-order valence-electron chi connectivity index (χ4n) is 3.46. The summed E-state index contributed by atoms with van der Waals surface area (Å²) in [7, 11) is 0. The first-order valence-corrected chi connectivity index (χ1v) is 10.8. The number of hydrogen-bond acceptors (Lipinski definition) is 1. The van der Waals surface area contributed by atoms with E-state index in [4.69, 9.17) is 0 Å². The van der Waals surface area contributed by atoms with E-state index in [1.807, 2.05) is 0 Å². The Labute approximate surface area is 157 Å². The highest BCUT2D eigenvalue weighted by molar-refractivity contribution is 5.26. The molecule has 1 aromatic rings. The average Bonchev–Trinajstić information content (AvgIpc) is 3.36. The van der Waals surface area contributed by atoms with E-state index in [9.17, 15) is 5.11 Å². The van der Waals surface area contributed by atoms with Gasteiger partial charge in [0.1, 0.15) is 5.75 Å². The van der Waals surface area contributed by atoms with E-state index in [2.05, 4.69) is 32.9 Å². The molecule has 1 aromatic carbocycles. The van der Waals surface area contributed by atoms with Crippen molar-refractivity contribution in [1.29, 1.82) is 0 Å². The molecular weight excluding hydrogens is 304 g/mol. The predicted octanol–water partition coefficient (Wildman–Crippen LogP) is 7.72. The van der Waals surface area contributed by atoms with Gasteiger partial charge in [-0.2, -0.15) is 0 Å². The van der Waals surface area contributed by atoms with Crippen molar-refractivity contribution in [3.63, 3.8) is 0 Å². The molecule has 25 heavy (non-hydrogen) atoms. The Morgan fingerprint density at radius 3 is 2.08 bits per heavy atom. The van der Waals surface area contributed by atoms with Gasteiger partial charge in [-0.1, -0.05) is 104 Å². The number of aromatic hydroxyl groups is 1. The minimum Gasteiger partial charge on any atom is -0.508 e. The smallest absolute Gasteiger partial charge is 0.115 e. The maximum absolute atomic E-state index is 9.20. The maximum atomic E-state index is 9.20. The molecule has 0 aromatic heterocycles. The van der Waals surface area contributed by atoms with Crippen LogP contribution in [-0.2, 0) is 6.42 Å². The molecule has 2 unspecified atom stereocenters. The number of unbranched alkanes of at least 4 members (excludes halogenated alkanes) is 8. The molecule has 2 rings (SSSR count). The first kappa shape index (κ1) is 22.1. The molecule has 1 aliphatic rings. The Balaban J connectivity index is 0.000000299. The van der Waals surface area contributed by atoms with Crippen LogP contribution in [0.5, 0.6) is 5.75 Å². The summed E-state index contributed by atoms with van der Waals surface area (Å²) in [6.45, 7) is 8.32. The molecule has 0 saturated heterocycles. The summed E-state index contributed by atoms with van der Waals surface area (Å²) < 4.78 is 0. The summed E-state index contributed by atoms with van der Waals surface area (Å²) >= 11 is 0. The van der Waals surface area contributed by atoms with Crippen molar-refractivity contribution in [3.05, 3.63) is 36.8 Å². The lowest BCUT2D eigenvalue weighted by Gasteiger charge is -2.01. The third kappa shape index (κ3) is 11.3. The van der Waals surface area contributed by atoms with E-state index < -0.39 is 0 Å². The molecule has 0 amide bonds. The molecule has 1 radical (unpaired) electrons. The largest absolute Gasteiger partial charge is 0.508 e. The second kappa shape index (κ2) is 14.2. The molecule has 1 N–H and O–H groups in total. The SMILES string of the molecule is CCCCCC1CC1Cc1ccc(O)cc1.[CH2]CCCCCCCC. The van der Waals surface area contributed by atoms with Gasteiger partial charge in [-0.25, -0.2) is 0 Å². The van der Waals surface area contributed by atoms with Crippen LogP contribution in [0.25, 0.3) is 0 Å². The standard InChI is InChI=1S/C15H22O.C9H19/c1-2-3-4-5-13-11-14(13)10-12-6-8-15(16)9-7-12;1-3-5-7-9-8-6-4-2/h6-9,13-14,16H,2-5,10-11H2,1H3;1,3-9H2,2H3. The van der Waals surface area contributed by atoms with Crippen molar-refractivity contribution in [2.75, 3.05) is 0 Å². The number of phenols is 1. The highest BCUT2D eigenvalue weighted by atomic mass is 16.3. The van der Waals surface area contributed by atoms with Crippen LogP contribution in [0.1, 0.15) is 96.5 Å². The van der Waals surface area contributed by atoms with Gasteiger partial charge in [0.25, 0.3) is 0 Å². The van der Waals surface area contributed by atoms with Crippen LogP contribution in [0.2, 0.25) is 0 Å². The Bertz CT molecular complexity index is 403. The van der Waals surface area contributed by atoms with Gasteiger partial charge >= 0.3 is 0 Å². The minimum absolute atomic E-state index is 0.374. The maximum Gasteiger partial charge on any atom is 0.115 e. The molecule has 0 heterocycles. The fraction of sp³-hybridized carbons (Fsp3) is 0.708. The minimum atomic E-state index is 0.374. The average molecular weight is 346 g/mol. The fourth-order valence-corrected chi connectivity index (χ4v) is 3.46. The lowest BCUT2D eigenvalue weighted by molar-refractivity contribution is 0.475. The summed E-state index contributed by atoms with van der Waals surface area (Å²) in [5.74, 6) is 2.28. The van der Waals surface area contributed by atoms with Crippen LogP contribution in [0, 0.1) is 18.8 Å². The number of phenolic OH excluding ortho intramolecular Hbond substituents is 1. The van der Waals surface area contributed by atoms with Crippen molar-refractivity contribution in [2.24, 2.45) is 11.8 Å². The monoisotopic (exact) mass is 345 g/mol. The van der Waals surface area contributed by atoms with E-state index in [1.165, 1.54) is 82.6 Å². The first-order valence-electron chi connectivity index (χ1n) is 10.8. The van der Waals surface area contributed by atoms with E-state index in [-0.39, 0.29) is 0 Å². The van der Waals surface area contributed by atoms with Gasteiger partial charge in [-0.15, -0.1) is 0 Å². The van der Waals surface area contributed by atoms with Crippen molar-refractivity contribution in [2.45, 2.75) is 97.3 Å². The quantitative estimate of drug-likeness (QED) is 0.384. The molecule has 143 valence electrons. The van der Waals surface area contributed by atoms with Crippen molar-refractivity contribution in [1.82, 2.24) is 0 Å². The third-order valence-electron chi connectivity index (χ3n) is 5.29. The first-order chi connectivity index (χ1) is 12.2. The van der Waals surface area contributed by atoms with E-state index in [0.29, 0.717) is 5.75 Å². The zero-order chi connectivity index (χ0) is 18.3. The molecule has 0 bridgehead atoms. The van der Waals surface area contributed by atoms with Crippen molar-refractivity contribution < 1.29 is 5.11 Å². The molecule has 1 aliphatic carbocycles. The number of hydrogen-bond donors (Lipinski definition) is 1. The normalized spacial score (nSPS) is 18.5. The Hall–Kier alpha value is -0.980. The third-order valence-corrected chi connectivity index (χ3v) is 5.29. The number of rotatable bonds is 12. The van der Waals surface area contributed by atoms with Crippen molar-refractivity contribution >= 4 is 0 Å². The highest BCUT2D eigenvalue weighted by Crippen LogP contribution is 2.44. The molecule has 1 heteroatoms. The molecular formula is C24H41O. The van der Waals surface area contributed by atoms with Gasteiger partial charge < -0.3 is 5.11 Å². The van der Waals surface area contributed by atoms with Crippen LogP contribution >= 0.6 is 0 Å². The van der Waals surface area contributed by atoms with Gasteiger partial charge in [-0.05, 0) is 42.4 Å². The van der Waals surface area contributed by atoms with E-state index in [1.54, 1.807) is 12.1 Å². The van der Waals surface area contributed by atoms with Crippen molar-refractivity contribution in [3.8, 4) is 5.75 Å². The molecule has 1 saturated carbocycles. The molecule has 1 nitrogen and oxygen atoms in total. The van der Waals surface area contributed by atoms with Gasteiger partial charge in [0.2, 0.25) is 0 Å². The topological polar surface area (TPSA) is 20.2 Å². The summed E-state index contributed by atoms with van der Waals surface area (Å²) in [4.78, 5) is 0. The molecule has 1 fully saturated rings. The van der Waals surface area contributed by atoms with Crippen LogP contribution in [0.15, 0.2) is 24.3 Å². The summed E-state index contributed by atoms with van der Waals surface area (Å²) in [6, 6.07) is 7.70. The zero-order valence-corrected chi connectivity index (χ0v) is 16.8. The predicted molar refractivity (Wildman–Crippen MR) is 111 cm³/mol. The molecule has 0 spiro atoms. The Morgan fingerprint density at radius 2 is 1.44 bits per heavy atom. The summed E-state index contributed by atoms with van der Waals surface area (Å²) in [5.41, 5.74) is 1.38. The Morgan fingerprint density at radius 1 is 0.840 bits per heavy atom. The van der Waals surface area contributed by atoms with E-state index in [0.717, 1.165) is 18.3 Å². The van der Waals surface area contributed by atoms with Gasteiger partial charge in [0, 0.05) is 0 Å². The lowest BCUT2D eigenvalue weighted by atomic mass is 10.0. The second-order valence-electron chi connectivity index (χ2n) is 7.74. The van der Waals surface area contributed by atoms with Gasteiger partial charge in [0.15, 0.2) is 0 Å². The summed E-state index contributed by atoms with van der Waals surface area (Å²) in [5, 5.41) is 9.20. The number of benzene rings is 1. The van der Waals surface area contributed by atoms with Crippen LogP contribution in [0.4, 0.5) is 0 Å². The molecule has 0 aliphatic heterocycles. The zero-order valence-electron chi connectivity index (χ0n) is 16.8.